The fourth-order valence-corrected chi connectivity index (χ4v) is 3.86. The van der Waals surface area contributed by atoms with E-state index < -0.39 is 5.97 Å². The molecule has 174 valence electrons. The Bertz CT molecular complexity index is 1090. The molecule has 1 saturated heterocycles. The van der Waals surface area contributed by atoms with Crippen molar-refractivity contribution >= 4 is 27.8 Å². The Morgan fingerprint density at radius 2 is 1.85 bits per heavy atom. The van der Waals surface area contributed by atoms with E-state index in [2.05, 4.69) is 31.1 Å². The molecule has 1 aromatic carbocycles. The number of piperidine rings is 1. The third-order valence-electron chi connectivity index (χ3n) is 4.96. The molecule has 0 aliphatic carbocycles. The number of carbonyl (C=O) groups excluding carboxylic acids is 2. The summed E-state index contributed by atoms with van der Waals surface area (Å²) in [4.78, 5) is 32.6. The summed E-state index contributed by atoms with van der Waals surface area (Å²) in [6.07, 6.45) is 5.96. The monoisotopic (exact) mass is 515 g/mol. The van der Waals surface area contributed by atoms with E-state index in [1.54, 1.807) is 23.4 Å². The van der Waals surface area contributed by atoms with Crippen molar-refractivity contribution in [2.24, 2.45) is 0 Å². The van der Waals surface area contributed by atoms with Crippen LogP contribution in [0.3, 0.4) is 0 Å². The number of nitrogens with zero attached hydrogens (tertiary/aromatic N) is 5. The van der Waals surface area contributed by atoms with E-state index in [0.29, 0.717) is 40.3 Å². The number of ether oxygens (including phenoxy) is 2. The standard InChI is InChI=1S/C21H20BrN5O4.C2H6/c1-30-21(29)16-11-19(23-12-17(16)22)31-14-5-4-10-26(13-14)20(28)15-6-2-3-7-18(15)27-24-8-9-25-27;1-2/h2-3,6-9,11-12,14H,4-5,10,13H2,1H3;1-2H3/t14-;/m1./s1. The van der Waals surface area contributed by atoms with Crippen molar-refractivity contribution in [3.63, 3.8) is 0 Å². The molecule has 0 unspecified atom stereocenters. The Kier molecular flexibility index (Phi) is 8.53. The lowest BCUT2D eigenvalue weighted by Gasteiger charge is -2.33. The number of hydrogen-bond donors (Lipinski definition) is 0. The Hall–Kier alpha value is -3.27. The first-order valence-electron chi connectivity index (χ1n) is 10.7. The summed E-state index contributed by atoms with van der Waals surface area (Å²) in [5.41, 5.74) is 1.48. The molecule has 0 spiro atoms. The summed E-state index contributed by atoms with van der Waals surface area (Å²) in [6, 6.07) is 8.78. The van der Waals surface area contributed by atoms with Crippen molar-refractivity contribution in [2.45, 2.75) is 32.8 Å². The zero-order valence-electron chi connectivity index (χ0n) is 18.8. The van der Waals surface area contributed by atoms with E-state index in [9.17, 15) is 9.59 Å². The van der Waals surface area contributed by atoms with Gasteiger partial charge in [0.15, 0.2) is 0 Å². The van der Waals surface area contributed by atoms with Gasteiger partial charge in [-0.05, 0) is 40.9 Å². The molecule has 1 fully saturated rings. The number of pyridine rings is 1. The van der Waals surface area contributed by atoms with Crippen LogP contribution in [0.5, 0.6) is 5.88 Å². The molecule has 2 aromatic heterocycles. The maximum Gasteiger partial charge on any atom is 0.339 e. The molecule has 0 saturated carbocycles. The van der Waals surface area contributed by atoms with Crippen LogP contribution in [0.25, 0.3) is 5.69 Å². The second kappa shape index (κ2) is 11.6. The first-order chi connectivity index (χ1) is 16.1. The van der Waals surface area contributed by atoms with Crippen LogP contribution in [0.15, 0.2) is 53.4 Å². The van der Waals surface area contributed by atoms with Gasteiger partial charge in [0, 0.05) is 18.8 Å². The average molecular weight is 516 g/mol. The topological polar surface area (TPSA) is 99.4 Å². The third kappa shape index (κ3) is 5.75. The Labute approximate surface area is 200 Å². The minimum absolute atomic E-state index is 0.111. The van der Waals surface area contributed by atoms with Crippen LogP contribution in [-0.4, -0.2) is 63.1 Å². The van der Waals surface area contributed by atoms with Crippen LogP contribution >= 0.6 is 15.9 Å². The molecule has 1 atom stereocenters. The van der Waals surface area contributed by atoms with Crippen molar-refractivity contribution in [1.82, 2.24) is 24.9 Å². The van der Waals surface area contributed by atoms with Gasteiger partial charge in [0.2, 0.25) is 5.88 Å². The van der Waals surface area contributed by atoms with Crippen molar-refractivity contribution in [3.05, 3.63) is 64.5 Å². The Morgan fingerprint density at radius 3 is 2.58 bits per heavy atom. The van der Waals surface area contributed by atoms with E-state index in [4.69, 9.17) is 9.47 Å². The van der Waals surface area contributed by atoms with Gasteiger partial charge < -0.3 is 14.4 Å². The van der Waals surface area contributed by atoms with Gasteiger partial charge in [-0.15, -0.1) is 0 Å². The zero-order chi connectivity index (χ0) is 23.8. The van der Waals surface area contributed by atoms with Crippen molar-refractivity contribution in [3.8, 4) is 11.6 Å². The number of benzene rings is 1. The molecule has 4 rings (SSSR count). The summed E-state index contributed by atoms with van der Waals surface area (Å²) < 4.78 is 11.3. The van der Waals surface area contributed by atoms with Crippen LogP contribution in [0.1, 0.15) is 47.4 Å². The molecule has 9 nitrogen and oxygen atoms in total. The highest BCUT2D eigenvalue weighted by atomic mass is 79.9. The number of carbonyl (C=O) groups is 2. The largest absolute Gasteiger partial charge is 0.472 e. The maximum atomic E-state index is 13.3. The third-order valence-corrected chi connectivity index (χ3v) is 5.59. The first kappa shape index (κ1) is 24.4. The van der Waals surface area contributed by atoms with Gasteiger partial charge in [-0.25, -0.2) is 9.78 Å². The number of rotatable bonds is 5. The molecule has 33 heavy (non-hydrogen) atoms. The summed E-state index contributed by atoms with van der Waals surface area (Å²) in [5.74, 6) is -0.285. The van der Waals surface area contributed by atoms with Gasteiger partial charge >= 0.3 is 5.97 Å². The molecular formula is C23H26BrN5O4. The highest BCUT2D eigenvalue weighted by Crippen LogP contribution is 2.24. The van der Waals surface area contributed by atoms with E-state index in [-0.39, 0.29) is 12.0 Å². The van der Waals surface area contributed by atoms with Crippen LogP contribution < -0.4 is 4.74 Å². The van der Waals surface area contributed by atoms with E-state index in [1.165, 1.54) is 24.2 Å². The SMILES string of the molecule is CC.COC(=O)c1cc(O[C@@H]2CCCN(C(=O)c3ccccc3-n3nccn3)C2)ncc1Br. The molecule has 0 radical (unpaired) electrons. The Morgan fingerprint density at radius 1 is 1.12 bits per heavy atom. The number of aromatic nitrogens is 4. The predicted molar refractivity (Wildman–Crippen MR) is 126 cm³/mol. The number of amides is 1. The van der Waals surface area contributed by atoms with Gasteiger partial charge in [-0.2, -0.15) is 15.0 Å². The molecule has 3 heterocycles. The average Bonchev–Trinajstić information content (AvgIpc) is 3.41. The smallest absolute Gasteiger partial charge is 0.339 e. The number of para-hydroxylation sites is 1. The molecule has 1 aliphatic heterocycles. The van der Waals surface area contributed by atoms with Gasteiger partial charge in [-0.3, -0.25) is 4.79 Å². The summed E-state index contributed by atoms with van der Waals surface area (Å²) >= 11 is 3.29. The Balaban J connectivity index is 0.00000149. The van der Waals surface area contributed by atoms with Gasteiger partial charge in [-0.1, -0.05) is 26.0 Å². The van der Waals surface area contributed by atoms with Crippen LogP contribution in [0.4, 0.5) is 0 Å². The van der Waals surface area contributed by atoms with Gasteiger partial charge in [0.1, 0.15) is 6.10 Å². The molecule has 1 amide bonds. The van der Waals surface area contributed by atoms with Crippen molar-refractivity contribution in [1.29, 1.82) is 0 Å². The molecule has 10 heteroatoms. The van der Waals surface area contributed by atoms with E-state index in [1.807, 2.05) is 32.0 Å². The highest BCUT2D eigenvalue weighted by Gasteiger charge is 2.28. The molecule has 0 bridgehead atoms. The maximum absolute atomic E-state index is 13.3. The van der Waals surface area contributed by atoms with E-state index >= 15 is 0 Å². The van der Waals surface area contributed by atoms with Crippen LogP contribution in [0, 0.1) is 0 Å². The number of halogens is 1. The zero-order valence-corrected chi connectivity index (χ0v) is 20.4. The minimum atomic E-state index is -0.483. The number of methoxy groups -OCH3 is 1. The molecule has 0 N–H and O–H groups in total. The van der Waals surface area contributed by atoms with Gasteiger partial charge in [0.25, 0.3) is 5.91 Å². The molecular weight excluding hydrogens is 490 g/mol. The molecule has 3 aromatic rings. The number of hydrogen-bond acceptors (Lipinski definition) is 7. The minimum Gasteiger partial charge on any atom is -0.472 e. The van der Waals surface area contributed by atoms with E-state index in [0.717, 1.165) is 12.8 Å². The van der Waals surface area contributed by atoms with Crippen LogP contribution in [-0.2, 0) is 4.74 Å². The second-order valence-electron chi connectivity index (χ2n) is 6.96. The van der Waals surface area contributed by atoms with Crippen LogP contribution in [0.2, 0.25) is 0 Å². The quantitative estimate of drug-likeness (QED) is 0.474. The lowest BCUT2D eigenvalue weighted by atomic mass is 10.1. The predicted octanol–water partition coefficient (Wildman–Crippen LogP) is 3.92. The number of esters is 1. The number of likely N-dealkylation sites (tertiary alicyclic amines) is 1. The normalized spacial score (nSPS) is 15.3. The van der Waals surface area contributed by atoms with Crippen molar-refractivity contribution in [2.75, 3.05) is 20.2 Å². The summed E-state index contributed by atoms with van der Waals surface area (Å²) in [5, 5.41) is 8.28. The van der Waals surface area contributed by atoms with Crippen molar-refractivity contribution < 1.29 is 19.1 Å². The van der Waals surface area contributed by atoms with Gasteiger partial charge in [0.05, 0.1) is 47.3 Å². The fraction of sp³-hybridized carbons (Fsp3) is 0.348. The summed E-state index contributed by atoms with van der Waals surface area (Å²) in [7, 11) is 1.32. The second-order valence-corrected chi connectivity index (χ2v) is 7.82. The molecule has 1 aliphatic rings. The fourth-order valence-electron chi connectivity index (χ4n) is 3.48. The lowest BCUT2D eigenvalue weighted by Crippen LogP contribution is -2.44. The first-order valence-corrected chi connectivity index (χ1v) is 11.5. The lowest BCUT2D eigenvalue weighted by molar-refractivity contribution is 0.0526. The highest BCUT2D eigenvalue weighted by molar-refractivity contribution is 9.10. The summed E-state index contributed by atoms with van der Waals surface area (Å²) in [6.45, 7) is 5.03.